The highest BCUT2D eigenvalue weighted by Gasteiger charge is 2.18. The average Bonchev–Trinajstić information content (AvgIpc) is 3.57. The van der Waals surface area contributed by atoms with Gasteiger partial charge in [0.15, 0.2) is 16.1 Å². The molecule has 0 fully saturated rings. The molecule has 1 N–H and O–H groups in total. The van der Waals surface area contributed by atoms with Crippen molar-refractivity contribution < 1.29 is 9.53 Å². The normalized spacial score (nSPS) is 10.9. The molecule has 5 aromatic rings. The summed E-state index contributed by atoms with van der Waals surface area (Å²) in [7, 11) is 1.63. The van der Waals surface area contributed by atoms with Gasteiger partial charge in [0.25, 0.3) is 0 Å². The number of hydrogen-bond donors (Lipinski definition) is 1. The summed E-state index contributed by atoms with van der Waals surface area (Å²) in [5.41, 5.74) is 2.61. The van der Waals surface area contributed by atoms with Gasteiger partial charge in [-0.25, -0.2) is 4.98 Å². The highest BCUT2D eigenvalue weighted by molar-refractivity contribution is 7.99. The number of aromatic nitrogens is 4. The van der Waals surface area contributed by atoms with Gasteiger partial charge in [0.1, 0.15) is 5.75 Å². The van der Waals surface area contributed by atoms with Crippen LogP contribution in [0.4, 0.5) is 5.13 Å². The highest BCUT2D eigenvalue weighted by Crippen LogP contribution is 2.31. The molecule has 1 amide bonds. The number of benzene rings is 3. The van der Waals surface area contributed by atoms with Gasteiger partial charge in [0.2, 0.25) is 5.91 Å². The monoisotopic (exact) mass is 581 g/mol. The lowest BCUT2D eigenvalue weighted by Crippen LogP contribution is -2.14. The summed E-state index contributed by atoms with van der Waals surface area (Å²) < 4.78 is 7.21. The van der Waals surface area contributed by atoms with E-state index in [1.54, 1.807) is 25.4 Å². The summed E-state index contributed by atoms with van der Waals surface area (Å²) in [6.45, 7) is 0. The Labute approximate surface area is 237 Å². The Morgan fingerprint density at radius 1 is 1.00 bits per heavy atom. The first-order chi connectivity index (χ1) is 18.5. The van der Waals surface area contributed by atoms with E-state index in [-0.39, 0.29) is 11.7 Å². The smallest absolute Gasteiger partial charge is 0.236 e. The number of rotatable bonds is 9. The number of hydrogen-bond acceptors (Lipinski definition) is 7. The number of thioether (sulfide) groups is 1. The van der Waals surface area contributed by atoms with E-state index in [0.29, 0.717) is 32.6 Å². The fraction of sp³-hybridized carbons (Fsp3) is 0.111. The van der Waals surface area contributed by atoms with Crippen molar-refractivity contribution in [3.05, 3.63) is 99.5 Å². The molecule has 0 saturated carbocycles. The van der Waals surface area contributed by atoms with Crippen molar-refractivity contribution >= 4 is 57.3 Å². The Bertz CT molecular complexity index is 1540. The van der Waals surface area contributed by atoms with Crippen LogP contribution in [-0.4, -0.2) is 38.5 Å². The molecule has 0 spiro atoms. The molecule has 2 aromatic heterocycles. The SMILES string of the molecule is COc1ccc(-c2nnc(SCC(=O)Nc3ncc(Cc4c(Cl)cccc4Cl)s3)n2-c2ccccc2)cc1. The first kappa shape index (κ1) is 26.2. The molecule has 0 aliphatic rings. The quantitative estimate of drug-likeness (QED) is 0.188. The maximum absolute atomic E-state index is 12.8. The third-order valence-electron chi connectivity index (χ3n) is 5.54. The van der Waals surface area contributed by atoms with Crippen LogP contribution in [0, 0.1) is 0 Å². The number of nitrogens with zero attached hydrogens (tertiary/aromatic N) is 4. The van der Waals surface area contributed by atoms with Gasteiger partial charge in [-0.05, 0) is 54.1 Å². The van der Waals surface area contributed by atoms with E-state index in [1.807, 2.05) is 65.2 Å². The van der Waals surface area contributed by atoms with Gasteiger partial charge >= 0.3 is 0 Å². The Balaban J connectivity index is 1.29. The van der Waals surface area contributed by atoms with E-state index >= 15 is 0 Å². The Morgan fingerprint density at radius 3 is 2.45 bits per heavy atom. The minimum atomic E-state index is -0.194. The molecule has 2 heterocycles. The fourth-order valence-corrected chi connectivity index (χ4v) is 5.83. The minimum Gasteiger partial charge on any atom is -0.497 e. The first-order valence-corrected chi connectivity index (χ1v) is 14.0. The van der Waals surface area contributed by atoms with Crippen molar-refractivity contribution in [1.82, 2.24) is 19.7 Å². The molecule has 38 heavy (non-hydrogen) atoms. The number of thiazole rings is 1. The minimum absolute atomic E-state index is 0.138. The predicted molar refractivity (Wildman–Crippen MR) is 154 cm³/mol. The standard InChI is InChI=1S/C27H21Cl2N5O2S2/c1-36-19-12-10-17(11-13-19)25-32-33-27(34(25)18-6-3-2-4-7-18)37-16-24(35)31-26-30-15-20(38-26)14-21-22(28)8-5-9-23(21)29/h2-13,15H,14,16H2,1H3,(H,30,31,35). The Kier molecular flexibility index (Phi) is 8.29. The summed E-state index contributed by atoms with van der Waals surface area (Å²) >= 11 is 15.3. The van der Waals surface area contributed by atoms with Crippen molar-refractivity contribution in [1.29, 1.82) is 0 Å². The number of carbonyl (C=O) groups excluding carboxylic acids is 1. The molecule has 192 valence electrons. The van der Waals surface area contributed by atoms with E-state index in [0.717, 1.165) is 27.4 Å². The van der Waals surface area contributed by atoms with Crippen LogP contribution in [0.5, 0.6) is 5.75 Å². The zero-order valence-corrected chi connectivity index (χ0v) is 23.2. The van der Waals surface area contributed by atoms with Crippen molar-refractivity contribution in [3.8, 4) is 22.8 Å². The molecule has 0 bridgehead atoms. The van der Waals surface area contributed by atoms with Gasteiger partial charge in [-0.15, -0.1) is 21.5 Å². The second-order valence-corrected chi connectivity index (χ2v) is 10.9. The lowest BCUT2D eigenvalue weighted by Gasteiger charge is -2.10. The predicted octanol–water partition coefficient (Wildman–Crippen LogP) is 7.03. The lowest BCUT2D eigenvalue weighted by atomic mass is 10.1. The van der Waals surface area contributed by atoms with E-state index in [2.05, 4.69) is 20.5 Å². The molecule has 0 radical (unpaired) electrons. The molecule has 0 aliphatic carbocycles. The zero-order chi connectivity index (χ0) is 26.5. The molecule has 7 nitrogen and oxygen atoms in total. The van der Waals surface area contributed by atoms with E-state index < -0.39 is 0 Å². The number of methoxy groups -OCH3 is 1. The Hall–Kier alpha value is -3.37. The highest BCUT2D eigenvalue weighted by atomic mass is 35.5. The van der Waals surface area contributed by atoms with Crippen molar-refractivity contribution in [2.24, 2.45) is 0 Å². The summed E-state index contributed by atoms with van der Waals surface area (Å²) in [4.78, 5) is 18.1. The molecule has 0 unspecified atom stereocenters. The second kappa shape index (κ2) is 12.0. The van der Waals surface area contributed by atoms with Gasteiger partial charge in [-0.3, -0.25) is 9.36 Å². The summed E-state index contributed by atoms with van der Waals surface area (Å²) in [6, 6.07) is 22.8. The van der Waals surface area contributed by atoms with Crippen LogP contribution in [0.3, 0.4) is 0 Å². The third-order valence-corrected chi connectivity index (χ3v) is 8.09. The number of anilines is 1. The number of para-hydroxylation sites is 1. The van der Waals surface area contributed by atoms with Gasteiger partial charge in [-0.1, -0.05) is 59.2 Å². The molecular weight excluding hydrogens is 561 g/mol. The van der Waals surface area contributed by atoms with Crippen LogP contribution in [-0.2, 0) is 11.2 Å². The van der Waals surface area contributed by atoms with Crippen LogP contribution in [0.15, 0.2) is 84.1 Å². The van der Waals surface area contributed by atoms with E-state index in [4.69, 9.17) is 27.9 Å². The number of nitrogens with one attached hydrogen (secondary N) is 1. The third kappa shape index (κ3) is 6.02. The van der Waals surface area contributed by atoms with Crippen LogP contribution in [0.25, 0.3) is 17.1 Å². The van der Waals surface area contributed by atoms with E-state index in [1.165, 1.54) is 23.1 Å². The van der Waals surface area contributed by atoms with Crippen LogP contribution < -0.4 is 10.1 Å². The lowest BCUT2D eigenvalue weighted by molar-refractivity contribution is -0.113. The maximum Gasteiger partial charge on any atom is 0.236 e. The molecule has 0 aliphatic heterocycles. The topological polar surface area (TPSA) is 81.9 Å². The van der Waals surface area contributed by atoms with Gasteiger partial charge in [0.05, 0.1) is 12.9 Å². The van der Waals surface area contributed by atoms with Crippen molar-refractivity contribution in [3.63, 3.8) is 0 Å². The van der Waals surface area contributed by atoms with Crippen LogP contribution in [0.1, 0.15) is 10.4 Å². The molecule has 5 rings (SSSR count). The molecule has 0 atom stereocenters. The van der Waals surface area contributed by atoms with Gasteiger partial charge in [0, 0.05) is 38.8 Å². The molecule has 0 saturated heterocycles. The number of ether oxygens (including phenoxy) is 1. The van der Waals surface area contributed by atoms with Crippen LogP contribution in [0.2, 0.25) is 10.0 Å². The van der Waals surface area contributed by atoms with Gasteiger partial charge in [-0.2, -0.15) is 0 Å². The van der Waals surface area contributed by atoms with Crippen LogP contribution >= 0.6 is 46.3 Å². The number of carbonyl (C=O) groups is 1. The summed E-state index contributed by atoms with van der Waals surface area (Å²) in [5, 5.41) is 14.0. The fourth-order valence-electron chi connectivity index (χ4n) is 3.71. The number of halogens is 2. The number of amides is 1. The molecule has 3 aromatic carbocycles. The van der Waals surface area contributed by atoms with Crippen molar-refractivity contribution in [2.45, 2.75) is 11.6 Å². The average molecular weight is 583 g/mol. The zero-order valence-electron chi connectivity index (χ0n) is 20.1. The molecule has 11 heteroatoms. The van der Waals surface area contributed by atoms with Gasteiger partial charge < -0.3 is 10.1 Å². The summed E-state index contributed by atoms with van der Waals surface area (Å²) in [6.07, 6.45) is 2.26. The molecular formula is C27H21Cl2N5O2S2. The largest absolute Gasteiger partial charge is 0.497 e. The van der Waals surface area contributed by atoms with E-state index in [9.17, 15) is 4.79 Å². The van der Waals surface area contributed by atoms with Crippen molar-refractivity contribution in [2.75, 3.05) is 18.2 Å². The second-order valence-electron chi connectivity index (χ2n) is 8.05. The Morgan fingerprint density at radius 2 is 1.74 bits per heavy atom. The summed E-state index contributed by atoms with van der Waals surface area (Å²) in [5.74, 6) is 1.37. The maximum atomic E-state index is 12.8. The first-order valence-electron chi connectivity index (χ1n) is 11.5.